The lowest BCUT2D eigenvalue weighted by atomic mass is 10.1. The summed E-state index contributed by atoms with van der Waals surface area (Å²) in [6, 6.07) is 18.2. The molecule has 0 spiro atoms. The van der Waals surface area contributed by atoms with E-state index in [0.717, 1.165) is 42.4 Å². The van der Waals surface area contributed by atoms with Crippen molar-refractivity contribution < 1.29 is 13.2 Å². The Bertz CT molecular complexity index is 1220. The van der Waals surface area contributed by atoms with Crippen molar-refractivity contribution in [3.63, 3.8) is 0 Å². The van der Waals surface area contributed by atoms with E-state index in [1.165, 1.54) is 6.07 Å². The zero-order valence-corrected chi connectivity index (χ0v) is 20.4. The van der Waals surface area contributed by atoms with Gasteiger partial charge in [-0.2, -0.15) is 4.31 Å². The zero-order chi connectivity index (χ0) is 24.0. The van der Waals surface area contributed by atoms with Gasteiger partial charge < -0.3 is 4.90 Å². The Labute approximate surface area is 202 Å². The second-order valence-electron chi connectivity index (χ2n) is 8.80. The summed E-state index contributed by atoms with van der Waals surface area (Å²) in [4.78, 5) is 19.8. The van der Waals surface area contributed by atoms with Gasteiger partial charge in [0.25, 0.3) is 5.91 Å². The first-order valence-corrected chi connectivity index (χ1v) is 13.2. The second-order valence-corrected chi connectivity index (χ2v) is 10.7. The topological polar surface area (TPSA) is 70.6 Å². The summed E-state index contributed by atoms with van der Waals surface area (Å²) < 4.78 is 28.2. The molecule has 7 heteroatoms. The summed E-state index contributed by atoms with van der Waals surface area (Å²) in [5.41, 5.74) is 3.43. The molecule has 178 valence electrons. The van der Waals surface area contributed by atoms with E-state index in [9.17, 15) is 13.2 Å². The molecule has 0 saturated carbocycles. The average Bonchev–Trinajstić information content (AvgIpc) is 3.16. The van der Waals surface area contributed by atoms with E-state index >= 15 is 0 Å². The molecule has 34 heavy (non-hydrogen) atoms. The molecule has 2 heterocycles. The van der Waals surface area contributed by atoms with Crippen LogP contribution in [0.15, 0.2) is 78.0 Å². The van der Waals surface area contributed by atoms with Crippen LogP contribution in [0.2, 0.25) is 0 Å². The number of nitrogens with zero attached hydrogens (tertiary/aromatic N) is 3. The van der Waals surface area contributed by atoms with Crippen molar-refractivity contribution in [3.05, 3.63) is 95.3 Å². The number of aryl methyl sites for hydroxylation is 1. The molecule has 1 aliphatic heterocycles. The summed E-state index contributed by atoms with van der Waals surface area (Å²) in [6.07, 6.45) is 7.28. The molecule has 0 N–H and O–H groups in total. The highest BCUT2D eigenvalue weighted by Gasteiger charge is 2.26. The van der Waals surface area contributed by atoms with Gasteiger partial charge in [-0.05, 0) is 60.7 Å². The first kappa shape index (κ1) is 24.1. The Kier molecular flexibility index (Phi) is 7.75. The molecule has 0 unspecified atom stereocenters. The Morgan fingerprint density at radius 1 is 0.941 bits per heavy atom. The van der Waals surface area contributed by atoms with Crippen LogP contribution in [0, 0.1) is 6.92 Å². The van der Waals surface area contributed by atoms with Crippen LogP contribution < -0.4 is 0 Å². The Balaban J connectivity index is 1.63. The maximum absolute atomic E-state index is 13.7. The number of carbonyl (C=O) groups is 1. The molecule has 6 nitrogen and oxygen atoms in total. The van der Waals surface area contributed by atoms with Crippen molar-refractivity contribution in [2.75, 3.05) is 13.1 Å². The van der Waals surface area contributed by atoms with Crippen LogP contribution in [-0.4, -0.2) is 41.6 Å². The van der Waals surface area contributed by atoms with E-state index in [1.807, 2.05) is 43.3 Å². The molecule has 1 aromatic heterocycles. The fourth-order valence-electron chi connectivity index (χ4n) is 4.31. The highest BCUT2D eigenvalue weighted by molar-refractivity contribution is 7.89. The van der Waals surface area contributed by atoms with Crippen molar-refractivity contribution in [3.8, 4) is 0 Å². The van der Waals surface area contributed by atoms with Gasteiger partial charge in [-0.15, -0.1) is 0 Å². The van der Waals surface area contributed by atoms with Gasteiger partial charge in [-0.25, -0.2) is 8.42 Å². The molecule has 4 rings (SSSR count). The molecule has 1 fully saturated rings. The van der Waals surface area contributed by atoms with Gasteiger partial charge in [0.1, 0.15) is 0 Å². The normalized spacial score (nSPS) is 15.0. The lowest BCUT2D eigenvalue weighted by molar-refractivity contribution is 0.0729. The van der Waals surface area contributed by atoms with Gasteiger partial charge in [-0.1, -0.05) is 49.2 Å². The average molecular weight is 478 g/mol. The van der Waals surface area contributed by atoms with Crippen molar-refractivity contribution in [1.82, 2.24) is 14.2 Å². The van der Waals surface area contributed by atoms with Crippen molar-refractivity contribution >= 4 is 15.9 Å². The molecular weight excluding hydrogens is 446 g/mol. The van der Waals surface area contributed by atoms with Crippen LogP contribution in [-0.2, 0) is 23.1 Å². The van der Waals surface area contributed by atoms with Crippen LogP contribution in [0.5, 0.6) is 0 Å². The summed E-state index contributed by atoms with van der Waals surface area (Å²) in [5.74, 6) is -0.208. The molecule has 3 aromatic rings. The van der Waals surface area contributed by atoms with Crippen molar-refractivity contribution in [1.29, 1.82) is 0 Å². The van der Waals surface area contributed by atoms with E-state index in [2.05, 4.69) is 4.98 Å². The third-order valence-corrected chi connectivity index (χ3v) is 8.18. The minimum Gasteiger partial charge on any atom is -0.330 e. The zero-order valence-electron chi connectivity index (χ0n) is 19.6. The fraction of sp³-hybridized carbons (Fsp3) is 0.333. The first-order valence-electron chi connectivity index (χ1n) is 11.8. The monoisotopic (exact) mass is 477 g/mol. The lowest BCUT2D eigenvalue weighted by Crippen LogP contribution is -2.33. The smallest absolute Gasteiger partial charge is 0.254 e. The van der Waals surface area contributed by atoms with Crippen LogP contribution in [0.4, 0.5) is 0 Å². The van der Waals surface area contributed by atoms with Gasteiger partial charge >= 0.3 is 0 Å². The quantitative estimate of drug-likeness (QED) is 0.490. The number of benzene rings is 2. The van der Waals surface area contributed by atoms with Crippen LogP contribution in [0.1, 0.15) is 52.7 Å². The minimum atomic E-state index is -3.64. The number of hydrogen-bond donors (Lipinski definition) is 0. The van der Waals surface area contributed by atoms with Gasteiger partial charge in [0.2, 0.25) is 10.0 Å². The summed E-state index contributed by atoms with van der Waals surface area (Å²) in [6.45, 7) is 3.88. The van der Waals surface area contributed by atoms with E-state index < -0.39 is 10.0 Å². The molecule has 0 atom stereocenters. The molecular formula is C27H31N3O3S. The number of sulfonamides is 1. The number of carbonyl (C=O) groups excluding carboxylic acids is 1. The fourth-order valence-corrected chi connectivity index (χ4v) is 5.87. The summed E-state index contributed by atoms with van der Waals surface area (Å²) in [7, 11) is -3.64. The number of pyridine rings is 1. The highest BCUT2D eigenvalue weighted by atomic mass is 32.2. The van der Waals surface area contributed by atoms with Crippen LogP contribution >= 0.6 is 0 Å². The van der Waals surface area contributed by atoms with E-state index in [4.69, 9.17) is 0 Å². The number of hydrogen-bond acceptors (Lipinski definition) is 4. The van der Waals surface area contributed by atoms with Gasteiger partial charge in [0.15, 0.2) is 0 Å². The van der Waals surface area contributed by atoms with Crippen molar-refractivity contribution in [2.24, 2.45) is 0 Å². The van der Waals surface area contributed by atoms with E-state index in [-0.39, 0.29) is 10.8 Å². The Morgan fingerprint density at radius 2 is 1.71 bits per heavy atom. The predicted molar refractivity (Wildman–Crippen MR) is 133 cm³/mol. The Hall–Kier alpha value is -3.03. The van der Waals surface area contributed by atoms with E-state index in [0.29, 0.717) is 31.7 Å². The third kappa shape index (κ3) is 5.72. The van der Waals surface area contributed by atoms with E-state index in [1.54, 1.807) is 39.8 Å². The number of aromatic nitrogens is 1. The number of amides is 1. The standard InChI is InChI=1S/C27H31N3O3S/c1-22-10-4-5-12-25(22)21-29(20-23-11-9-15-28-19-23)27(31)24-13-8-14-26(18-24)34(32,33)30-16-6-2-3-7-17-30/h4-5,8-15,18-19H,2-3,6-7,16-17,20-21H2,1H3. The van der Waals surface area contributed by atoms with Crippen LogP contribution in [0.3, 0.4) is 0 Å². The van der Waals surface area contributed by atoms with Gasteiger partial charge in [-0.3, -0.25) is 9.78 Å². The summed E-state index contributed by atoms with van der Waals surface area (Å²) >= 11 is 0. The molecule has 0 aliphatic carbocycles. The van der Waals surface area contributed by atoms with Gasteiger partial charge in [0.05, 0.1) is 4.90 Å². The first-order chi connectivity index (χ1) is 16.4. The predicted octanol–water partition coefficient (Wildman–Crippen LogP) is 4.80. The minimum absolute atomic E-state index is 0.178. The molecule has 0 radical (unpaired) electrons. The Morgan fingerprint density at radius 3 is 2.41 bits per heavy atom. The second kappa shape index (κ2) is 10.9. The maximum Gasteiger partial charge on any atom is 0.254 e. The van der Waals surface area contributed by atoms with Gasteiger partial charge in [0, 0.05) is 44.1 Å². The number of rotatable bonds is 7. The highest BCUT2D eigenvalue weighted by Crippen LogP contribution is 2.23. The SMILES string of the molecule is Cc1ccccc1CN(Cc1cccnc1)C(=O)c1cccc(S(=O)(=O)N2CCCCCC2)c1. The third-order valence-electron chi connectivity index (χ3n) is 6.29. The summed E-state index contributed by atoms with van der Waals surface area (Å²) in [5, 5.41) is 0. The largest absolute Gasteiger partial charge is 0.330 e. The molecule has 1 amide bonds. The maximum atomic E-state index is 13.7. The lowest BCUT2D eigenvalue weighted by Gasteiger charge is -2.25. The molecule has 2 aromatic carbocycles. The van der Waals surface area contributed by atoms with Crippen LogP contribution in [0.25, 0.3) is 0 Å². The molecule has 1 saturated heterocycles. The molecule has 0 bridgehead atoms. The van der Waals surface area contributed by atoms with Crippen molar-refractivity contribution in [2.45, 2.75) is 50.6 Å². The molecule has 1 aliphatic rings.